The normalized spacial score (nSPS) is 13.2. The molecule has 1 aromatic rings. The minimum atomic E-state index is 0. The van der Waals surface area contributed by atoms with Crippen LogP contribution in [0.5, 0.6) is 0 Å². The second-order valence-electron chi connectivity index (χ2n) is 2.19. The lowest BCUT2D eigenvalue weighted by Gasteiger charge is -1.92. The number of fused-ring (bicyclic) bond motifs is 1. The zero-order valence-corrected chi connectivity index (χ0v) is 7.23. The van der Waals surface area contributed by atoms with E-state index in [-0.39, 0.29) is 12.4 Å². The second-order valence-corrected chi connectivity index (χ2v) is 2.54. The van der Waals surface area contributed by atoms with Gasteiger partial charge in [-0.05, 0) is 0 Å². The Morgan fingerprint density at radius 1 is 1.64 bits per heavy atom. The smallest absolute Gasteiger partial charge is 0.313 e. The predicted octanol–water partition coefficient (Wildman–Crippen LogP) is -2.55. The molecule has 1 aromatic heterocycles. The number of nitrogens with one attached hydrogen (secondary N) is 1. The van der Waals surface area contributed by atoms with Crippen molar-refractivity contribution in [1.82, 2.24) is 4.98 Å². The van der Waals surface area contributed by atoms with Crippen molar-refractivity contribution in [2.75, 3.05) is 11.9 Å². The van der Waals surface area contributed by atoms with Gasteiger partial charge >= 0.3 is 5.82 Å². The van der Waals surface area contributed by atoms with Gasteiger partial charge in [-0.3, -0.25) is 5.32 Å². The van der Waals surface area contributed by atoms with Crippen molar-refractivity contribution >= 4 is 17.4 Å². The summed E-state index contributed by atoms with van der Waals surface area (Å²) < 4.78 is 2.05. The molecule has 2 heterocycles. The van der Waals surface area contributed by atoms with Crippen LogP contribution in [0.4, 0.5) is 5.82 Å². The zero-order valence-electron chi connectivity index (χ0n) is 5.72. The Morgan fingerprint density at radius 2 is 2.45 bits per heavy atom. The van der Waals surface area contributed by atoms with Crippen molar-refractivity contribution in [1.29, 1.82) is 0 Å². The van der Waals surface area contributed by atoms with Crippen LogP contribution in [0.25, 0.3) is 0 Å². The van der Waals surface area contributed by atoms with Gasteiger partial charge in [-0.2, -0.15) is 0 Å². The lowest BCUT2D eigenvalue weighted by atomic mass is 10.6. The molecule has 0 bridgehead atoms. The Morgan fingerprint density at radius 3 is 3.18 bits per heavy atom. The predicted molar refractivity (Wildman–Crippen MR) is 37.9 cm³/mol. The first kappa shape index (κ1) is 8.56. The molecule has 1 N–H and O–H groups in total. The summed E-state index contributed by atoms with van der Waals surface area (Å²) in [4.78, 5) is 3.93. The lowest BCUT2D eigenvalue weighted by molar-refractivity contribution is -0.671. The number of rotatable bonds is 0. The molecule has 0 aromatic carbocycles. The topological polar surface area (TPSA) is 28.8 Å². The molecular formula is C6H7Cl2N3. The van der Waals surface area contributed by atoms with Crippen LogP contribution in [0.3, 0.4) is 0 Å². The van der Waals surface area contributed by atoms with Gasteiger partial charge in [0.2, 0.25) is 5.15 Å². The molecule has 3 nitrogen and oxygen atoms in total. The molecule has 1 aliphatic rings. The van der Waals surface area contributed by atoms with Gasteiger partial charge in [-0.15, -0.1) is 0 Å². The maximum Gasteiger partial charge on any atom is 0.313 e. The molecule has 0 amide bonds. The molecule has 1 aliphatic heterocycles. The molecule has 0 aliphatic carbocycles. The summed E-state index contributed by atoms with van der Waals surface area (Å²) in [5.41, 5.74) is 0. The van der Waals surface area contributed by atoms with Crippen LogP contribution in [0, 0.1) is 0 Å². The summed E-state index contributed by atoms with van der Waals surface area (Å²) in [6.45, 7) is 1.93. The van der Waals surface area contributed by atoms with Crippen molar-refractivity contribution in [2.24, 2.45) is 0 Å². The third kappa shape index (κ3) is 1.39. The molecule has 0 spiro atoms. The van der Waals surface area contributed by atoms with Crippen molar-refractivity contribution in [3.05, 3.63) is 17.5 Å². The fraction of sp³-hybridized carbons (Fsp3) is 0.333. The number of hydrogen-bond donors (Lipinski definition) is 1. The average Bonchev–Trinajstić information content (AvgIpc) is 2.36. The van der Waals surface area contributed by atoms with Crippen molar-refractivity contribution in [3.8, 4) is 0 Å². The van der Waals surface area contributed by atoms with Gasteiger partial charge in [0.1, 0.15) is 19.3 Å². The molecule has 0 fully saturated rings. The van der Waals surface area contributed by atoms with Crippen LogP contribution in [0.15, 0.2) is 12.4 Å². The number of anilines is 1. The highest BCUT2D eigenvalue weighted by atomic mass is 35.5. The minimum absolute atomic E-state index is 0. The number of nitrogens with zero attached hydrogens (tertiary/aromatic N) is 2. The van der Waals surface area contributed by atoms with Gasteiger partial charge in [0.25, 0.3) is 0 Å². The quantitative estimate of drug-likeness (QED) is 0.458. The van der Waals surface area contributed by atoms with E-state index in [9.17, 15) is 0 Å². The molecule has 11 heavy (non-hydrogen) atoms. The van der Waals surface area contributed by atoms with Crippen LogP contribution in [-0.4, -0.2) is 11.5 Å². The van der Waals surface area contributed by atoms with E-state index in [1.807, 2.05) is 6.20 Å². The van der Waals surface area contributed by atoms with Crippen LogP contribution in [-0.2, 0) is 6.54 Å². The van der Waals surface area contributed by atoms with Crippen LogP contribution >= 0.6 is 11.6 Å². The Kier molecular flexibility index (Phi) is 2.52. The maximum absolute atomic E-state index is 5.78. The average molecular weight is 192 g/mol. The third-order valence-electron chi connectivity index (χ3n) is 1.56. The summed E-state index contributed by atoms with van der Waals surface area (Å²) >= 11 is 5.78. The molecule has 0 atom stereocenters. The fourth-order valence-corrected chi connectivity index (χ4v) is 1.32. The van der Waals surface area contributed by atoms with Gasteiger partial charge in [0.15, 0.2) is 0 Å². The highest BCUT2D eigenvalue weighted by Gasteiger charge is 2.20. The summed E-state index contributed by atoms with van der Waals surface area (Å²) in [5, 5.41) is 3.69. The summed E-state index contributed by atoms with van der Waals surface area (Å²) in [6, 6.07) is 0. The van der Waals surface area contributed by atoms with E-state index in [0.29, 0.717) is 5.15 Å². The van der Waals surface area contributed by atoms with E-state index >= 15 is 0 Å². The molecule has 0 saturated carbocycles. The lowest BCUT2D eigenvalue weighted by Crippen LogP contribution is -3.00. The van der Waals surface area contributed by atoms with Crippen molar-refractivity contribution in [2.45, 2.75) is 6.54 Å². The van der Waals surface area contributed by atoms with E-state index in [2.05, 4.69) is 14.9 Å². The van der Waals surface area contributed by atoms with E-state index in [0.717, 1.165) is 18.9 Å². The van der Waals surface area contributed by atoms with Crippen molar-refractivity contribution in [3.63, 3.8) is 0 Å². The standard InChI is InChI=1S/C6H6ClN3.ClH/c7-5-6-9-2-4-10(6)3-1-8-5;/h1,3H,2,4H2;1H. The van der Waals surface area contributed by atoms with Gasteiger partial charge in [0, 0.05) is 0 Å². The first-order chi connectivity index (χ1) is 4.88. The molecule has 2 rings (SSSR count). The first-order valence-electron chi connectivity index (χ1n) is 3.16. The monoisotopic (exact) mass is 191 g/mol. The molecule has 5 heteroatoms. The Labute approximate surface area is 75.8 Å². The van der Waals surface area contributed by atoms with Crippen LogP contribution in [0.1, 0.15) is 0 Å². The van der Waals surface area contributed by atoms with Gasteiger partial charge in [0.05, 0.1) is 6.20 Å². The van der Waals surface area contributed by atoms with Gasteiger partial charge in [-0.25, -0.2) is 9.55 Å². The minimum Gasteiger partial charge on any atom is -1.00 e. The van der Waals surface area contributed by atoms with E-state index in [1.54, 1.807) is 6.20 Å². The van der Waals surface area contributed by atoms with Crippen LogP contribution < -0.4 is 22.3 Å². The molecule has 0 unspecified atom stereocenters. The maximum atomic E-state index is 5.78. The van der Waals surface area contributed by atoms with E-state index in [1.165, 1.54) is 0 Å². The van der Waals surface area contributed by atoms with Gasteiger partial charge in [-0.1, -0.05) is 11.6 Å². The highest BCUT2D eigenvalue weighted by Crippen LogP contribution is 2.14. The first-order valence-corrected chi connectivity index (χ1v) is 3.53. The SMILES string of the molecule is Clc1ncc[n+]2c1NCC2.[Cl-]. The zero-order chi connectivity index (χ0) is 6.97. The van der Waals surface area contributed by atoms with Crippen molar-refractivity contribution < 1.29 is 17.0 Å². The summed E-state index contributed by atoms with van der Waals surface area (Å²) in [6.07, 6.45) is 3.63. The van der Waals surface area contributed by atoms with Crippen LogP contribution in [0.2, 0.25) is 5.15 Å². The van der Waals surface area contributed by atoms with Gasteiger partial charge < -0.3 is 12.4 Å². The number of aromatic nitrogens is 2. The summed E-state index contributed by atoms with van der Waals surface area (Å²) in [7, 11) is 0. The molecule has 0 saturated heterocycles. The van der Waals surface area contributed by atoms with E-state index in [4.69, 9.17) is 11.6 Å². The Balaban J connectivity index is 0.000000605. The third-order valence-corrected chi connectivity index (χ3v) is 1.84. The Bertz CT molecular complexity index is 264. The fourth-order valence-electron chi connectivity index (χ4n) is 1.09. The second kappa shape index (κ2) is 3.24. The van der Waals surface area contributed by atoms with E-state index < -0.39 is 0 Å². The Hall–Kier alpha value is -0.540. The number of halogens is 2. The number of hydrogen-bond acceptors (Lipinski definition) is 2. The summed E-state index contributed by atoms with van der Waals surface area (Å²) in [5.74, 6) is 0.934. The molecular weight excluding hydrogens is 185 g/mol. The molecule has 60 valence electrons. The molecule has 0 radical (unpaired) electrons. The highest BCUT2D eigenvalue weighted by molar-refractivity contribution is 6.31. The largest absolute Gasteiger partial charge is 1.00 e.